The second-order valence-electron chi connectivity index (χ2n) is 3.12. The summed E-state index contributed by atoms with van der Waals surface area (Å²) in [5, 5.41) is 8.52. The number of nitrogens with two attached hydrogens (primary N) is 1. The largest absolute Gasteiger partial charge is 0.480 e. The molecule has 0 aliphatic carbocycles. The van der Waals surface area contributed by atoms with Crippen molar-refractivity contribution in [3.63, 3.8) is 0 Å². The van der Waals surface area contributed by atoms with Gasteiger partial charge in [0.1, 0.15) is 11.9 Å². The average molecular weight is 188 g/mol. The Bertz CT molecular complexity index is 230. The molecule has 5 heteroatoms. The third-order valence-corrected chi connectivity index (χ3v) is 1.96. The minimum absolute atomic E-state index is 0.182. The highest BCUT2D eigenvalue weighted by atomic mass is 19.1. The molecular weight excluding hydrogens is 175 g/mol. The van der Waals surface area contributed by atoms with Crippen LogP contribution in [0, 0.1) is 0 Å². The van der Waals surface area contributed by atoms with Crippen LogP contribution in [-0.2, 0) is 4.79 Å². The zero-order valence-corrected chi connectivity index (χ0v) is 7.24. The van der Waals surface area contributed by atoms with E-state index in [0.29, 0.717) is 13.0 Å². The van der Waals surface area contributed by atoms with Gasteiger partial charge in [0.05, 0.1) is 6.54 Å². The van der Waals surface area contributed by atoms with Crippen molar-refractivity contribution in [3.05, 3.63) is 11.9 Å². The first kappa shape index (κ1) is 10.1. The fourth-order valence-corrected chi connectivity index (χ4v) is 1.27. The zero-order chi connectivity index (χ0) is 9.84. The highest BCUT2D eigenvalue weighted by Crippen LogP contribution is 2.10. The smallest absolute Gasteiger partial charge is 0.321 e. The van der Waals surface area contributed by atoms with Gasteiger partial charge >= 0.3 is 5.97 Å². The molecule has 1 aliphatic heterocycles. The average Bonchev–Trinajstić information content (AvgIpc) is 2.04. The minimum atomic E-state index is -1.05. The van der Waals surface area contributed by atoms with Crippen LogP contribution in [0.4, 0.5) is 4.39 Å². The second-order valence-corrected chi connectivity index (χ2v) is 3.12. The number of hydrogen-bond acceptors (Lipinski definition) is 3. The lowest BCUT2D eigenvalue weighted by atomic mass is 10.2. The van der Waals surface area contributed by atoms with Crippen molar-refractivity contribution < 1.29 is 14.3 Å². The number of carboxylic acids is 1. The molecule has 0 fully saturated rings. The Morgan fingerprint density at radius 2 is 2.54 bits per heavy atom. The van der Waals surface area contributed by atoms with Gasteiger partial charge in [0.25, 0.3) is 0 Å². The van der Waals surface area contributed by atoms with Crippen LogP contribution in [0.5, 0.6) is 0 Å². The van der Waals surface area contributed by atoms with E-state index >= 15 is 0 Å². The quantitative estimate of drug-likeness (QED) is 0.652. The van der Waals surface area contributed by atoms with Gasteiger partial charge in [-0.3, -0.25) is 9.69 Å². The van der Waals surface area contributed by atoms with E-state index in [2.05, 4.69) is 0 Å². The van der Waals surface area contributed by atoms with E-state index in [1.807, 2.05) is 0 Å². The van der Waals surface area contributed by atoms with Crippen molar-refractivity contribution in [2.45, 2.75) is 12.5 Å². The first-order valence-corrected chi connectivity index (χ1v) is 4.15. The van der Waals surface area contributed by atoms with E-state index in [9.17, 15) is 9.18 Å². The topological polar surface area (TPSA) is 66.6 Å². The molecule has 0 saturated heterocycles. The molecule has 1 unspecified atom stereocenters. The van der Waals surface area contributed by atoms with Crippen LogP contribution in [0.15, 0.2) is 11.9 Å². The predicted molar refractivity (Wildman–Crippen MR) is 45.9 cm³/mol. The summed E-state index contributed by atoms with van der Waals surface area (Å²) in [4.78, 5) is 12.1. The number of hydrogen-bond donors (Lipinski definition) is 2. The summed E-state index contributed by atoms with van der Waals surface area (Å²) in [5.41, 5.74) is 5.31. The van der Waals surface area contributed by atoms with E-state index in [4.69, 9.17) is 10.8 Å². The molecule has 3 N–H and O–H groups in total. The molecule has 74 valence electrons. The van der Waals surface area contributed by atoms with Gasteiger partial charge in [-0.2, -0.15) is 0 Å². The molecule has 0 aromatic carbocycles. The van der Waals surface area contributed by atoms with Crippen LogP contribution in [0.3, 0.4) is 0 Å². The lowest BCUT2D eigenvalue weighted by Crippen LogP contribution is -2.44. The minimum Gasteiger partial charge on any atom is -0.480 e. The number of nitrogens with zero attached hydrogens (tertiary/aromatic N) is 1. The van der Waals surface area contributed by atoms with Gasteiger partial charge in [0.2, 0.25) is 0 Å². The Hall–Kier alpha value is -0.940. The summed E-state index contributed by atoms with van der Waals surface area (Å²) in [6, 6.07) is -0.925. The van der Waals surface area contributed by atoms with Gasteiger partial charge in [-0.25, -0.2) is 4.39 Å². The molecule has 1 atom stereocenters. The second kappa shape index (κ2) is 4.34. The summed E-state index contributed by atoms with van der Waals surface area (Å²) in [6.45, 7) is 1.06. The van der Waals surface area contributed by atoms with Crippen molar-refractivity contribution in [2.75, 3.05) is 19.6 Å². The van der Waals surface area contributed by atoms with E-state index in [1.54, 1.807) is 4.90 Å². The Morgan fingerprint density at radius 3 is 3.08 bits per heavy atom. The van der Waals surface area contributed by atoms with Crippen molar-refractivity contribution in [2.24, 2.45) is 5.73 Å². The molecule has 0 amide bonds. The lowest BCUT2D eigenvalue weighted by Gasteiger charge is -2.25. The third-order valence-electron chi connectivity index (χ3n) is 1.96. The summed E-state index contributed by atoms with van der Waals surface area (Å²) in [7, 11) is 0. The fraction of sp³-hybridized carbons (Fsp3) is 0.625. The molecule has 1 heterocycles. The van der Waals surface area contributed by atoms with Gasteiger partial charge in [0, 0.05) is 13.1 Å². The van der Waals surface area contributed by atoms with Crippen LogP contribution in [-0.4, -0.2) is 41.7 Å². The van der Waals surface area contributed by atoms with Crippen LogP contribution >= 0.6 is 0 Å². The van der Waals surface area contributed by atoms with Crippen LogP contribution in [0.2, 0.25) is 0 Å². The predicted octanol–water partition coefficient (Wildman–Crippen LogP) is -0.0426. The highest BCUT2D eigenvalue weighted by molar-refractivity contribution is 5.73. The van der Waals surface area contributed by atoms with Crippen LogP contribution < -0.4 is 5.73 Å². The standard InChI is InChI=1S/C8H13FN2O2/c9-6-2-1-3-11(4-6)5-7(10)8(12)13/h2,7H,1,3-5,10H2,(H,12,13). The van der Waals surface area contributed by atoms with Gasteiger partial charge in [-0.05, 0) is 6.42 Å². The molecule has 0 aromatic rings. The third kappa shape index (κ3) is 3.12. The normalized spacial score (nSPS) is 20.9. The number of rotatable bonds is 3. The number of halogens is 1. The monoisotopic (exact) mass is 188 g/mol. The van der Waals surface area contributed by atoms with Gasteiger partial charge in [-0.1, -0.05) is 6.08 Å². The lowest BCUT2D eigenvalue weighted by molar-refractivity contribution is -0.139. The molecule has 1 rings (SSSR count). The van der Waals surface area contributed by atoms with E-state index in [1.165, 1.54) is 6.08 Å². The maximum Gasteiger partial charge on any atom is 0.321 e. The molecule has 13 heavy (non-hydrogen) atoms. The SMILES string of the molecule is NC(CN1CCC=C(F)C1)C(=O)O. The maximum atomic E-state index is 12.7. The van der Waals surface area contributed by atoms with Crippen molar-refractivity contribution in [1.82, 2.24) is 4.90 Å². The Labute approximate surface area is 75.8 Å². The molecule has 0 bridgehead atoms. The molecule has 0 saturated carbocycles. The van der Waals surface area contributed by atoms with E-state index in [0.717, 1.165) is 0 Å². The first-order chi connectivity index (χ1) is 6.09. The summed E-state index contributed by atoms with van der Waals surface area (Å²) in [5.74, 6) is -1.25. The fourth-order valence-electron chi connectivity index (χ4n) is 1.27. The molecule has 0 aromatic heterocycles. The Kier molecular flexibility index (Phi) is 3.39. The molecule has 1 aliphatic rings. The molecule has 0 spiro atoms. The number of carboxylic acid groups (broad SMARTS) is 1. The van der Waals surface area contributed by atoms with Crippen LogP contribution in [0.25, 0.3) is 0 Å². The number of aliphatic carboxylic acids is 1. The number of carbonyl (C=O) groups is 1. The van der Waals surface area contributed by atoms with Crippen molar-refractivity contribution in [3.8, 4) is 0 Å². The van der Waals surface area contributed by atoms with E-state index in [-0.39, 0.29) is 18.9 Å². The highest BCUT2D eigenvalue weighted by Gasteiger charge is 2.19. The Morgan fingerprint density at radius 1 is 1.85 bits per heavy atom. The van der Waals surface area contributed by atoms with Crippen molar-refractivity contribution in [1.29, 1.82) is 0 Å². The van der Waals surface area contributed by atoms with Gasteiger partial charge < -0.3 is 10.8 Å². The summed E-state index contributed by atoms with van der Waals surface area (Å²) < 4.78 is 12.7. The molecule has 4 nitrogen and oxygen atoms in total. The molecule has 0 radical (unpaired) electrons. The van der Waals surface area contributed by atoms with Gasteiger partial charge in [0.15, 0.2) is 0 Å². The van der Waals surface area contributed by atoms with Gasteiger partial charge in [-0.15, -0.1) is 0 Å². The first-order valence-electron chi connectivity index (χ1n) is 4.15. The van der Waals surface area contributed by atoms with E-state index < -0.39 is 12.0 Å². The summed E-state index contributed by atoms with van der Waals surface area (Å²) >= 11 is 0. The molecular formula is C8H13FN2O2. The maximum absolute atomic E-state index is 12.7. The summed E-state index contributed by atoms with van der Waals surface area (Å²) in [6.07, 6.45) is 2.14. The zero-order valence-electron chi connectivity index (χ0n) is 7.24. The Balaban J connectivity index is 2.38. The van der Waals surface area contributed by atoms with Crippen LogP contribution in [0.1, 0.15) is 6.42 Å². The van der Waals surface area contributed by atoms with Crippen molar-refractivity contribution >= 4 is 5.97 Å².